The second-order valence-electron chi connectivity index (χ2n) is 17.7. The molecule has 0 bridgehead atoms. The molecule has 48 heavy (non-hydrogen) atoms. The molecule has 0 saturated heterocycles. The molecule has 0 aliphatic heterocycles. The fourth-order valence-electron chi connectivity index (χ4n) is 11.8. The van der Waals surface area contributed by atoms with Crippen molar-refractivity contribution in [1.82, 2.24) is 5.32 Å². The Morgan fingerprint density at radius 1 is 0.750 bits per heavy atom. The van der Waals surface area contributed by atoms with E-state index in [0.29, 0.717) is 30.6 Å². The van der Waals surface area contributed by atoms with Crippen LogP contribution in [0.2, 0.25) is 0 Å². The third-order valence-electron chi connectivity index (χ3n) is 14.7. The summed E-state index contributed by atoms with van der Waals surface area (Å²) in [5.74, 6) is 1.14. The van der Waals surface area contributed by atoms with Gasteiger partial charge in [-0.3, -0.25) is 9.59 Å². The summed E-state index contributed by atoms with van der Waals surface area (Å²) < 4.78 is 0. The van der Waals surface area contributed by atoms with Gasteiger partial charge in [0.25, 0.3) is 0 Å². The topological polar surface area (TPSA) is 107 Å². The summed E-state index contributed by atoms with van der Waals surface area (Å²) in [6.45, 7) is 9.12. The number of carboxylic acids is 1. The molecule has 4 N–H and O–H groups in total. The Hall–Kier alpha value is -1.14. The number of carboxylic acid groups (broad SMARTS) is 1. The maximum atomic E-state index is 12.9. The second-order valence-corrected chi connectivity index (χ2v) is 17.7. The molecule has 4 fully saturated rings. The molecule has 4 aliphatic carbocycles. The van der Waals surface area contributed by atoms with Crippen molar-refractivity contribution in [3.05, 3.63) is 0 Å². The number of nitrogens with one attached hydrogen (secondary N) is 1. The summed E-state index contributed by atoms with van der Waals surface area (Å²) in [6.07, 6.45) is 27.2. The minimum absolute atomic E-state index is 0.0781. The van der Waals surface area contributed by atoms with E-state index in [-0.39, 0.29) is 53.1 Å². The monoisotopic (exact) mass is 674 g/mol. The number of amides is 1. The van der Waals surface area contributed by atoms with E-state index in [1.165, 1.54) is 83.5 Å². The van der Waals surface area contributed by atoms with Crippen LogP contribution in [-0.2, 0) is 9.59 Å². The number of unbranched alkanes of at least 4 members (excludes halogenated alkanes) is 14. The average molecular weight is 674 g/mol. The summed E-state index contributed by atoms with van der Waals surface area (Å²) >= 11 is 0. The zero-order valence-corrected chi connectivity index (χ0v) is 31.5. The number of hydrogen-bond acceptors (Lipinski definition) is 4. The first-order valence-electron chi connectivity index (χ1n) is 20.9. The Morgan fingerprint density at radius 3 is 1.92 bits per heavy atom. The van der Waals surface area contributed by atoms with Crippen molar-refractivity contribution in [2.45, 2.75) is 206 Å². The SMILES string of the molecule is CCCCCCCCCCCCCCCCCC(=O)N[C@H]1CC[C@@]2(C)C(C1)C[C@@H](O)C1C2C[C@H](O)[C@@]2(C)C1CC[C@@H]2[C@H](C)CCC(=O)O. The van der Waals surface area contributed by atoms with Gasteiger partial charge in [-0.25, -0.2) is 0 Å². The van der Waals surface area contributed by atoms with Gasteiger partial charge in [0.2, 0.25) is 5.91 Å². The molecule has 1 amide bonds. The summed E-state index contributed by atoms with van der Waals surface area (Å²) in [5, 5.41) is 36.2. The predicted molar refractivity (Wildman–Crippen MR) is 196 cm³/mol. The molecular formula is C42H75NO5. The fourth-order valence-corrected chi connectivity index (χ4v) is 11.8. The van der Waals surface area contributed by atoms with Crippen molar-refractivity contribution in [2.24, 2.45) is 46.3 Å². The number of carbonyl (C=O) groups is 2. The number of hydrogen-bond donors (Lipinski definition) is 4. The van der Waals surface area contributed by atoms with Crippen LogP contribution in [0.4, 0.5) is 0 Å². The molecule has 4 aliphatic rings. The number of aliphatic carboxylic acids is 1. The first kappa shape index (κ1) is 39.6. The van der Waals surface area contributed by atoms with Gasteiger partial charge >= 0.3 is 5.97 Å². The lowest BCUT2D eigenvalue weighted by molar-refractivity contribution is -0.202. The standard InChI is InChI=1S/C42H75NO5/c1-5-6-7-8-9-10-11-12-13-14-15-16-17-18-19-20-38(46)43-32-25-26-41(3)31(27-32)28-36(44)40-34-23-22-33(30(2)21-24-39(47)48)42(34,4)37(45)29-35(40)41/h30-37,40,44-45H,5-29H2,1-4H3,(H,43,46)(H,47,48)/t30-,31?,32+,33-,34?,35?,36-,37+,40?,41+,42-/m1/s1. The lowest BCUT2D eigenvalue weighted by Crippen LogP contribution is -2.63. The quantitative estimate of drug-likeness (QED) is 0.0908. The fraction of sp³-hybridized carbons (Fsp3) is 0.952. The highest BCUT2D eigenvalue weighted by Gasteiger charge is 2.65. The molecule has 0 aromatic heterocycles. The number of aliphatic hydroxyl groups excluding tert-OH is 2. The Balaban J connectivity index is 1.14. The molecule has 4 unspecified atom stereocenters. The number of aliphatic hydroxyl groups is 2. The highest BCUT2D eigenvalue weighted by Crippen LogP contribution is 2.68. The molecule has 6 heteroatoms. The minimum Gasteiger partial charge on any atom is -0.481 e. The first-order valence-corrected chi connectivity index (χ1v) is 20.9. The van der Waals surface area contributed by atoms with Crippen LogP contribution in [0.5, 0.6) is 0 Å². The summed E-state index contributed by atoms with van der Waals surface area (Å²) in [5.41, 5.74) is -0.184. The molecule has 278 valence electrons. The van der Waals surface area contributed by atoms with E-state index in [1.807, 2.05) is 0 Å². The number of carbonyl (C=O) groups excluding carboxylic acids is 1. The van der Waals surface area contributed by atoms with Crippen LogP contribution in [0.1, 0.15) is 188 Å². The van der Waals surface area contributed by atoms with Crippen LogP contribution in [0, 0.1) is 46.3 Å². The molecule has 0 spiro atoms. The molecular weight excluding hydrogens is 598 g/mol. The highest BCUT2D eigenvalue weighted by molar-refractivity contribution is 5.76. The molecule has 0 aromatic carbocycles. The molecule has 0 radical (unpaired) electrons. The smallest absolute Gasteiger partial charge is 0.303 e. The van der Waals surface area contributed by atoms with E-state index in [2.05, 4.69) is 33.0 Å². The number of fused-ring (bicyclic) bond motifs is 5. The van der Waals surface area contributed by atoms with Crippen molar-refractivity contribution < 1.29 is 24.9 Å². The van der Waals surface area contributed by atoms with Gasteiger partial charge < -0.3 is 20.6 Å². The molecule has 4 rings (SSSR count). The summed E-state index contributed by atoms with van der Waals surface area (Å²) in [4.78, 5) is 24.2. The van der Waals surface area contributed by atoms with Crippen LogP contribution in [0.15, 0.2) is 0 Å². The molecule has 0 aromatic rings. The van der Waals surface area contributed by atoms with Crippen molar-refractivity contribution in [1.29, 1.82) is 0 Å². The molecule has 6 nitrogen and oxygen atoms in total. The lowest BCUT2D eigenvalue weighted by Gasteiger charge is -2.63. The normalized spacial score (nSPS) is 36.5. The second kappa shape index (κ2) is 18.9. The third kappa shape index (κ3) is 9.80. The molecule has 4 saturated carbocycles. The van der Waals surface area contributed by atoms with Crippen LogP contribution in [0.3, 0.4) is 0 Å². The van der Waals surface area contributed by atoms with Crippen LogP contribution < -0.4 is 5.32 Å². The largest absolute Gasteiger partial charge is 0.481 e. The van der Waals surface area contributed by atoms with Gasteiger partial charge in [0.1, 0.15) is 0 Å². The van der Waals surface area contributed by atoms with Crippen LogP contribution in [-0.4, -0.2) is 45.4 Å². The highest BCUT2D eigenvalue weighted by atomic mass is 16.4. The minimum atomic E-state index is -0.746. The zero-order valence-electron chi connectivity index (χ0n) is 31.5. The third-order valence-corrected chi connectivity index (χ3v) is 14.7. The Bertz CT molecular complexity index is 987. The van der Waals surface area contributed by atoms with E-state index in [4.69, 9.17) is 0 Å². The van der Waals surface area contributed by atoms with Crippen molar-refractivity contribution in [2.75, 3.05) is 0 Å². The summed E-state index contributed by atoms with van der Waals surface area (Å²) in [7, 11) is 0. The predicted octanol–water partition coefficient (Wildman–Crippen LogP) is 9.83. The van der Waals surface area contributed by atoms with Gasteiger partial charge in [-0.15, -0.1) is 0 Å². The average Bonchev–Trinajstić information content (AvgIpc) is 3.41. The van der Waals surface area contributed by atoms with E-state index >= 15 is 0 Å². The van der Waals surface area contributed by atoms with Gasteiger partial charge in [-0.05, 0) is 104 Å². The Labute approximate surface area is 294 Å². The molecule has 11 atom stereocenters. The maximum absolute atomic E-state index is 12.9. The zero-order chi connectivity index (χ0) is 34.7. The van der Waals surface area contributed by atoms with Crippen LogP contribution in [0.25, 0.3) is 0 Å². The van der Waals surface area contributed by atoms with Crippen molar-refractivity contribution in [3.8, 4) is 0 Å². The van der Waals surface area contributed by atoms with Crippen LogP contribution >= 0.6 is 0 Å². The maximum Gasteiger partial charge on any atom is 0.303 e. The first-order chi connectivity index (χ1) is 23.0. The van der Waals surface area contributed by atoms with E-state index in [9.17, 15) is 24.9 Å². The summed E-state index contributed by atoms with van der Waals surface area (Å²) in [6, 6.07) is 0.195. The Kier molecular flexibility index (Phi) is 15.6. The van der Waals surface area contributed by atoms with Gasteiger partial charge in [-0.1, -0.05) is 118 Å². The van der Waals surface area contributed by atoms with Crippen molar-refractivity contribution >= 4 is 11.9 Å². The van der Waals surface area contributed by atoms with Gasteiger partial charge in [0, 0.05) is 18.9 Å². The Morgan fingerprint density at radius 2 is 1.33 bits per heavy atom. The van der Waals surface area contributed by atoms with E-state index < -0.39 is 12.1 Å². The van der Waals surface area contributed by atoms with E-state index in [1.54, 1.807) is 0 Å². The van der Waals surface area contributed by atoms with E-state index in [0.717, 1.165) is 57.8 Å². The van der Waals surface area contributed by atoms with Gasteiger partial charge in [0.15, 0.2) is 0 Å². The lowest BCUT2D eigenvalue weighted by atomic mass is 9.43. The van der Waals surface area contributed by atoms with Crippen molar-refractivity contribution in [3.63, 3.8) is 0 Å². The molecule has 0 heterocycles. The van der Waals surface area contributed by atoms with Gasteiger partial charge in [-0.2, -0.15) is 0 Å². The van der Waals surface area contributed by atoms with Gasteiger partial charge in [0.05, 0.1) is 12.2 Å². The number of rotatable bonds is 21.